The van der Waals surface area contributed by atoms with Crippen molar-refractivity contribution in [3.8, 4) is 5.88 Å². The number of hydrogen-bond donors (Lipinski definition) is 0. The summed E-state index contributed by atoms with van der Waals surface area (Å²) < 4.78 is 16.1. The summed E-state index contributed by atoms with van der Waals surface area (Å²) in [6.07, 6.45) is 5.99. The van der Waals surface area contributed by atoms with Crippen LogP contribution in [0.4, 0.5) is 0 Å². The predicted octanol–water partition coefficient (Wildman–Crippen LogP) is 2.59. The van der Waals surface area contributed by atoms with Crippen molar-refractivity contribution < 1.29 is 19.0 Å². The number of esters is 1. The van der Waals surface area contributed by atoms with E-state index in [1.54, 1.807) is 26.2 Å². The largest absolute Gasteiger partial charge is 0.474 e. The lowest BCUT2D eigenvalue weighted by Gasteiger charge is -2.28. The molecule has 1 aliphatic rings. The van der Waals surface area contributed by atoms with Gasteiger partial charge in [-0.3, -0.25) is 0 Å². The van der Waals surface area contributed by atoms with Gasteiger partial charge in [0.15, 0.2) is 0 Å². The molecule has 1 fully saturated rings. The van der Waals surface area contributed by atoms with Crippen LogP contribution in [-0.2, 0) is 9.47 Å². The summed E-state index contributed by atoms with van der Waals surface area (Å²) in [5, 5.41) is 0. The van der Waals surface area contributed by atoms with Crippen molar-refractivity contribution in [2.45, 2.75) is 44.8 Å². The highest BCUT2D eigenvalue weighted by Gasteiger charge is 2.23. The van der Waals surface area contributed by atoms with Gasteiger partial charge in [-0.1, -0.05) is 0 Å². The summed E-state index contributed by atoms with van der Waals surface area (Å²) in [4.78, 5) is 15.7. The zero-order valence-electron chi connectivity index (χ0n) is 12.0. The standard InChI is InChI=1S/C15H21NO4/c1-3-19-15(17)11-7-8-14(16-10-11)20-13-6-4-5-12(9-13)18-2/h7-8,10,12-13H,3-6,9H2,1-2H3. The Balaban J connectivity index is 1.91. The van der Waals surface area contributed by atoms with E-state index >= 15 is 0 Å². The Hall–Kier alpha value is -1.62. The van der Waals surface area contributed by atoms with E-state index in [1.165, 1.54) is 6.20 Å². The van der Waals surface area contributed by atoms with Crippen LogP contribution in [0.3, 0.4) is 0 Å². The fraction of sp³-hybridized carbons (Fsp3) is 0.600. The van der Waals surface area contributed by atoms with Gasteiger partial charge in [-0.05, 0) is 32.3 Å². The molecular formula is C15H21NO4. The quantitative estimate of drug-likeness (QED) is 0.775. The second kappa shape index (κ2) is 7.24. The molecule has 5 nitrogen and oxygen atoms in total. The maximum absolute atomic E-state index is 11.5. The molecule has 2 unspecified atom stereocenters. The van der Waals surface area contributed by atoms with E-state index < -0.39 is 0 Å². The van der Waals surface area contributed by atoms with Gasteiger partial charge in [-0.2, -0.15) is 0 Å². The van der Waals surface area contributed by atoms with Crippen LogP contribution in [0.15, 0.2) is 18.3 Å². The monoisotopic (exact) mass is 279 g/mol. The van der Waals surface area contributed by atoms with Crippen molar-refractivity contribution >= 4 is 5.97 Å². The Morgan fingerprint density at radius 3 is 2.80 bits per heavy atom. The van der Waals surface area contributed by atoms with E-state index in [4.69, 9.17) is 14.2 Å². The second-order valence-electron chi connectivity index (χ2n) is 4.87. The Morgan fingerprint density at radius 2 is 2.15 bits per heavy atom. The number of ether oxygens (including phenoxy) is 3. The van der Waals surface area contributed by atoms with Gasteiger partial charge >= 0.3 is 5.97 Å². The average molecular weight is 279 g/mol. The fourth-order valence-electron chi connectivity index (χ4n) is 2.38. The first-order chi connectivity index (χ1) is 9.72. The normalized spacial score (nSPS) is 22.3. The summed E-state index contributed by atoms with van der Waals surface area (Å²) in [7, 11) is 1.74. The summed E-state index contributed by atoms with van der Waals surface area (Å²) >= 11 is 0. The minimum absolute atomic E-state index is 0.134. The van der Waals surface area contributed by atoms with E-state index in [9.17, 15) is 4.79 Å². The highest BCUT2D eigenvalue weighted by Crippen LogP contribution is 2.24. The van der Waals surface area contributed by atoms with Gasteiger partial charge in [0.05, 0.1) is 18.3 Å². The SMILES string of the molecule is CCOC(=O)c1ccc(OC2CCCC(OC)C2)nc1. The second-order valence-corrected chi connectivity index (χ2v) is 4.87. The highest BCUT2D eigenvalue weighted by molar-refractivity contribution is 5.89. The van der Waals surface area contributed by atoms with Gasteiger partial charge in [-0.15, -0.1) is 0 Å². The lowest BCUT2D eigenvalue weighted by Crippen LogP contribution is -2.29. The zero-order valence-corrected chi connectivity index (χ0v) is 12.0. The number of carbonyl (C=O) groups is 1. The number of pyridine rings is 1. The molecule has 0 aliphatic heterocycles. The summed E-state index contributed by atoms with van der Waals surface area (Å²) in [6.45, 7) is 2.13. The van der Waals surface area contributed by atoms with Gasteiger partial charge in [0.2, 0.25) is 5.88 Å². The summed E-state index contributed by atoms with van der Waals surface area (Å²) in [5.74, 6) is 0.184. The van der Waals surface area contributed by atoms with Crippen LogP contribution in [-0.4, -0.2) is 36.9 Å². The lowest BCUT2D eigenvalue weighted by molar-refractivity contribution is 0.0195. The number of hydrogen-bond acceptors (Lipinski definition) is 5. The highest BCUT2D eigenvalue weighted by atomic mass is 16.5. The van der Waals surface area contributed by atoms with E-state index in [1.807, 2.05) is 0 Å². The average Bonchev–Trinajstić information content (AvgIpc) is 2.48. The third kappa shape index (κ3) is 3.93. The van der Waals surface area contributed by atoms with Gasteiger partial charge in [0, 0.05) is 25.8 Å². The minimum Gasteiger partial charge on any atom is -0.474 e. The van der Waals surface area contributed by atoms with Gasteiger partial charge in [-0.25, -0.2) is 9.78 Å². The number of aromatic nitrogens is 1. The number of rotatable bonds is 5. The molecule has 1 aromatic rings. The first kappa shape index (κ1) is 14.8. The van der Waals surface area contributed by atoms with E-state index in [2.05, 4.69) is 4.98 Å². The van der Waals surface area contributed by atoms with Gasteiger partial charge in [0.1, 0.15) is 6.10 Å². The minimum atomic E-state index is -0.358. The molecule has 0 N–H and O–H groups in total. The molecule has 1 aromatic heterocycles. The molecule has 0 amide bonds. The van der Waals surface area contributed by atoms with Crippen molar-refractivity contribution in [1.82, 2.24) is 4.98 Å². The Kier molecular flexibility index (Phi) is 5.35. The molecule has 1 aliphatic carbocycles. The maximum Gasteiger partial charge on any atom is 0.339 e. The molecule has 110 valence electrons. The molecule has 5 heteroatoms. The maximum atomic E-state index is 11.5. The molecule has 0 spiro atoms. The van der Waals surface area contributed by atoms with Crippen molar-refractivity contribution in [1.29, 1.82) is 0 Å². The number of carbonyl (C=O) groups excluding carboxylic acids is 1. The molecule has 0 bridgehead atoms. The van der Waals surface area contributed by atoms with E-state index in [0.717, 1.165) is 25.7 Å². The molecule has 20 heavy (non-hydrogen) atoms. The molecule has 1 heterocycles. The zero-order chi connectivity index (χ0) is 14.4. The van der Waals surface area contributed by atoms with Crippen LogP contribution >= 0.6 is 0 Å². The number of nitrogens with zero attached hydrogens (tertiary/aromatic N) is 1. The van der Waals surface area contributed by atoms with Gasteiger partial charge in [0.25, 0.3) is 0 Å². The predicted molar refractivity (Wildman–Crippen MR) is 73.9 cm³/mol. The van der Waals surface area contributed by atoms with Crippen molar-refractivity contribution in [3.05, 3.63) is 23.9 Å². The van der Waals surface area contributed by atoms with Crippen molar-refractivity contribution in [2.75, 3.05) is 13.7 Å². The molecular weight excluding hydrogens is 258 g/mol. The third-order valence-corrected chi connectivity index (χ3v) is 3.45. The van der Waals surface area contributed by atoms with Crippen molar-refractivity contribution in [3.63, 3.8) is 0 Å². The molecule has 1 saturated carbocycles. The van der Waals surface area contributed by atoms with Crippen LogP contribution in [0.5, 0.6) is 5.88 Å². The van der Waals surface area contributed by atoms with Crippen LogP contribution < -0.4 is 4.74 Å². The Labute approximate surface area is 119 Å². The molecule has 0 radical (unpaired) electrons. The molecule has 0 saturated heterocycles. The topological polar surface area (TPSA) is 57.7 Å². The summed E-state index contributed by atoms with van der Waals surface area (Å²) in [6, 6.07) is 3.39. The molecule has 2 rings (SSSR count). The first-order valence-corrected chi connectivity index (χ1v) is 7.05. The fourth-order valence-corrected chi connectivity index (χ4v) is 2.38. The lowest BCUT2D eigenvalue weighted by atomic mass is 9.95. The smallest absolute Gasteiger partial charge is 0.339 e. The van der Waals surface area contributed by atoms with E-state index in [0.29, 0.717) is 18.1 Å². The third-order valence-electron chi connectivity index (χ3n) is 3.45. The molecule has 0 aromatic carbocycles. The van der Waals surface area contributed by atoms with Crippen LogP contribution in [0.25, 0.3) is 0 Å². The van der Waals surface area contributed by atoms with Crippen LogP contribution in [0.2, 0.25) is 0 Å². The summed E-state index contributed by atoms with van der Waals surface area (Å²) in [5.41, 5.74) is 0.442. The Bertz CT molecular complexity index is 432. The number of methoxy groups -OCH3 is 1. The van der Waals surface area contributed by atoms with Crippen LogP contribution in [0.1, 0.15) is 43.0 Å². The van der Waals surface area contributed by atoms with Crippen LogP contribution in [0, 0.1) is 0 Å². The first-order valence-electron chi connectivity index (χ1n) is 7.05. The van der Waals surface area contributed by atoms with E-state index in [-0.39, 0.29) is 18.2 Å². The molecule has 2 atom stereocenters. The van der Waals surface area contributed by atoms with Gasteiger partial charge < -0.3 is 14.2 Å². The van der Waals surface area contributed by atoms with Crippen molar-refractivity contribution in [2.24, 2.45) is 0 Å². The Morgan fingerprint density at radius 1 is 1.35 bits per heavy atom.